The second-order valence-electron chi connectivity index (χ2n) is 3.01. The second kappa shape index (κ2) is 3.51. The van der Waals surface area contributed by atoms with Crippen LogP contribution >= 0.6 is 0 Å². The standard InChI is InChI=1S/C10H11N3O/c11-9(7-3-5-14-6-7)8-2-1-4-13-10(8)12/h1-6,9H,11H2,(H2,12,13). The predicted molar refractivity (Wildman–Crippen MR) is 53.4 cm³/mol. The Kier molecular flexibility index (Phi) is 2.20. The lowest BCUT2D eigenvalue weighted by Crippen LogP contribution is -2.13. The minimum absolute atomic E-state index is 0.276. The van der Waals surface area contributed by atoms with E-state index in [9.17, 15) is 0 Å². The number of nitrogens with two attached hydrogens (primary N) is 2. The monoisotopic (exact) mass is 189 g/mol. The Labute approximate surface area is 81.5 Å². The highest BCUT2D eigenvalue weighted by Gasteiger charge is 2.12. The Balaban J connectivity index is 2.37. The van der Waals surface area contributed by atoms with Crippen molar-refractivity contribution in [1.82, 2.24) is 4.98 Å². The lowest BCUT2D eigenvalue weighted by Gasteiger charge is -2.10. The number of nitrogen functional groups attached to an aromatic ring is 1. The van der Waals surface area contributed by atoms with Crippen LogP contribution in [0.25, 0.3) is 0 Å². The molecule has 0 aromatic carbocycles. The molecule has 0 aliphatic rings. The summed E-state index contributed by atoms with van der Waals surface area (Å²) in [5.41, 5.74) is 13.4. The number of pyridine rings is 1. The van der Waals surface area contributed by atoms with E-state index in [1.807, 2.05) is 18.2 Å². The Bertz CT molecular complexity index is 411. The summed E-state index contributed by atoms with van der Waals surface area (Å²) < 4.78 is 4.96. The van der Waals surface area contributed by atoms with Gasteiger partial charge in [-0.3, -0.25) is 0 Å². The lowest BCUT2D eigenvalue weighted by molar-refractivity contribution is 0.562. The molecular formula is C10H11N3O. The van der Waals surface area contributed by atoms with Crippen LogP contribution in [0.3, 0.4) is 0 Å². The number of furan rings is 1. The fourth-order valence-corrected chi connectivity index (χ4v) is 1.32. The first-order chi connectivity index (χ1) is 6.79. The van der Waals surface area contributed by atoms with Crippen molar-refractivity contribution in [2.45, 2.75) is 6.04 Å². The molecule has 2 heterocycles. The van der Waals surface area contributed by atoms with Crippen LogP contribution in [0.5, 0.6) is 0 Å². The Hall–Kier alpha value is -1.81. The number of nitrogens with zero attached hydrogens (tertiary/aromatic N) is 1. The van der Waals surface area contributed by atoms with E-state index in [2.05, 4.69) is 4.98 Å². The van der Waals surface area contributed by atoms with Gasteiger partial charge in [0.15, 0.2) is 0 Å². The maximum Gasteiger partial charge on any atom is 0.128 e. The van der Waals surface area contributed by atoms with Gasteiger partial charge < -0.3 is 15.9 Å². The highest BCUT2D eigenvalue weighted by atomic mass is 16.3. The summed E-state index contributed by atoms with van der Waals surface area (Å²) in [5, 5.41) is 0. The van der Waals surface area contributed by atoms with Crippen molar-refractivity contribution in [3.63, 3.8) is 0 Å². The van der Waals surface area contributed by atoms with Gasteiger partial charge in [-0.25, -0.2) is 4.98 Å². The third-order valence-electron chi connectivity index (χ3n) is 2.11. The number of hydrogen-bond donors (Lipinski definition) is 2. The summed E-state index contributed by atoms with van der Waals surface area (Å²) in [5.74, 6) is 0.459. The molecule has 2 rings (SSSR count). The average Bonchev–Trinajstić information content (AvgIpc) is 2.70. The van der Waals surface area contributed by atoms with Gasteiger partial charge in [0.1, 0.15) is 5.82 Å². The van der Waals surface area contributed by atoms with Gasteiger partial charge >= 0.3 is 0 Å². The van der Waals surface area contributed by atoms with E-state index in [0.717, 1.165) is 11.1 Å². The summed E-state index contributed by atoms with van der Waals surface area (Å²) in [7, 11) is 0. The van der Waals surface area contributed by atoms with Gasteiger partial charge in [0.05, 0.1) is 18.6 Å². The largest absolute Gasteiger partial charge is 0.472 e. The highest BCUT2D eigenvalue weighted by Crippen LogP contribution is 2.22. The molecule has 0 radical (unpaired) electrons. The molecule has 0 aliphatic carbocycles. The molecule has 2 aromatic heterocycles. The SMILES string of the molecule is Nc1ncccc1C(N)c1ccoc1. The van der Waals surface area contributed by atoms with Gasteiger partial charge in [-0.05, 0) is 12.1 Å². The summed E-state index contributed by atoms with van der Waals surface area (Å²) in [6, 6.07) is 5.21. The molecule has 0 spiro atoms. The molecule has 0 bridgehead atoms. The summed E-state index contributed by atoms with van der Waals surface area (Å²) >= 11 is 0. The number of rotatable bonds is 2. The van der Waals surface area contributed by atoms with Crippen molar-refractivity contribution >= 4 is 5.82 Å². The van der Waals surface area contributed by atoms with E-state index in [0.29, 0.717) is 5.82 Å². The number of hydrogen-bond acceptors (Lipinski definition) is 4. The van der Waals surface area contributed by atoms with E-state index < -0.39 is 0 Å². The van der Waals surface area contributed by atoms with E-state index in [1.165, 1.54) is 0 Å². The maximum atomic E-state index is 5.98. The smallest absolute Gasteiger partial charge is 0.128 e. The van der Waals surface area contributed by atoms with E-state index in [4.69, 9.17) is 15.9 Å². The maximum absolute atomic E-state index is 5.98. The molecule has 0 saturated carbocycles. The quantitative estimate of drug-likeness (QED) is 0.746. The Morgan fingerprint density at radius 3 is 2.86 bits per heavy atom. The summed E-state index contributed by atoms with van der Waals surface area (Å²) in [6.07, 6.45) is 4.83. The molecule has 0 saturated heterocycles. The van der Waals surface area contributed by atoms with Crippen LogP contribution in [0.4, 0.5) is 5.82 Å². The van der Waals surface area contributed by atoms with E-state index in [1.54, 1.807) is 18.7 Å². The first kappa shape index (κ1) is 8.77. The van der Waals surface area contributed by atoms with Crippen LogP contribution in [0.1, 0.15) is 17.2 Å². The third-order valence-corrected chi connectivity index (χ3v) is 2.11. The van der Waals surface area contributed by atoms with Gasteiger partial charge in [-0.1, -0.05) is 6.07 Å². The molecule has 1 unspecified atom stereocenters. The van der Waals surface area contributed by atoms with Crippen molar-refractivity contribution in [3.05, 3.63) is 48.0 Å². The molecule has 0 fully saturated rings. The van der Waals surface area contributed by atoms with Gasteiger partial charge in [0.25, 0.3) is 0 Å². The molecule has 4 N–H and O–H groups in total. The molecular weight excluding hydrogens is 178 g/mol. The third kappa shape index (κ3) is 1.47. The van der Waals surface area contributed by atoms with E-state index >= 15 is 0 Å². The number of aromatic nitrogens is 1. The molecule has 0 aliphatic heterocycles. The van der Waals surface area contributed by atoms with Crippen LogP contribution in [0, 0.1) is 0 Å². The summed E-state index contributed by atoms with van der Waals surface area (Å²) in [6.45, 7) is 0. The summed E-state index contributed by atoms with van der Waals surface area (Å²) in [4.78, 5) is 3.98. The van der Waals surface area contributed by atoms with Crippen molar-refractivity contribution in [3.8, 4) is 0 Å². The van der Waals surface area contributed by atoms with Crippen molar-refractivity contribution < 1.29 is 4.42 Å². The van der Waals surface area contributed by atoms with E-state index in [-0.39, 0.29) is 6.04 Å². The molecule has 4 nitrogen and oxygen atoms in total. The zero-order valence-electron chi connectivity index (χ0n) is 7.55. The minimum Gasteiger partial charge on any atom is -0.472 e. The fourth-order valence-electron chi connectivity index (χ4n) is 1.32. The number of anilines is 1. The highest BCUT2D eigenvalue weighted by molar-refractivity contribution is 5.44. The molecule has 14 heavy (non-hydrogen) atoms. The van der Waals surface area contributed by atoms with Crippen LogP contribution < -0.4 is 11.5 Å². The average molecular weight is 189 g/mol. The fraction of sp³-hybridized carbons (Fsp3) is 0.100. The van der Waals surface area contributed by atoms with Crippen molar-refractivity contribution in [2.24, 2.45) is 5.73 Å². The van der Waals surface area contributed by atoms with Crippen molar-refractivity contribution in [1.29, 1.82) is 0 Å². The first-order valence-corrected chi connectivity index (χ1v) is 4.27. The van der Waals surface area contributed by atoms with Gasteiger partial charge in [-0.15, -0.1) is 0 Å². The Morgan fingerprint density at radius 1 is 1.36 bits per heavy atom. The first-order valence-electron chi connectivity index (χ1n) is 4.27. The van der Waals surface area contributed by atoms with Crippen LogP contribution in [-0.4, -0.2) is 4.98 Å². The van der Waals surface area contributed by atoms with Gasteiger partial charge in [0.2, 0.25) is 0 Å². The van der Waals surface area contributed by atoms with Crippen LogP contribution in [-0.2, 0) is 0 Å². The molecule has 0 amide bonds. The van der Waals surface area contributed by atoms with Gasteiger partial charge in [-0.2, -0.15) is 0 Å². The second-order valence-corrected chi connectivity index (χ2v) is 3.01. The predicted octanol–water partition coefficient (Wildman–Crippen LogP) is 1.30. The van der Waals surface area contributed by atoms with Crippen LogP contribution in [0.15, 0.2) is 41.3 Å². The Morgan fingerprint density at radius 2 is 2.21 bits per heavy atom. The zero-order chi connectivity index (χ0) is 9.97. The molecule has 4 heteroatoms. The topological polar surface area (TPSA) is 78.1 Å². The van der Waals surface area contributed by atoms with Crippen LogP contribution in [0.2, 0.25) is 0 Å². The normalized spacial score (nSPS) is 12.6. The molecule has 2 aromatic rings. The zero-order valence-corrected chi connectivity index (χ0v) is 7.55. The lowest BCUT2D eigenvalue weighted by atomic mass is 10.0. The molecule has 72 valence electrons. The van der Waals surface area contributed by atoms with Gasteiger partial charge in [0, 0.05) is 17.3 Å². The molecule has 1 atom stereocenters. The minimum atomic E-state index is -0.276. The van der Waals surface area contributed by atoms with Crippen molar-refractivity contribution in [2.75, 3.05) is 5.73 Å².